The summed E-state index contributed by atoms with van der Waals surface area (Å²) in [5, 5.41) is 4.48. The second kappa shape index (κ2) is 23.1. The van der Waals surface area contributed by atoms with E-state index in [1.54, 1.807) is 0 Å². The van der Waals surface area contributed by atoms with Crippen LogP contribution in [0, 0.1) is 89.7 Å². The van der Waals surface area contributed by atoms with Gasteiger partial charge in [0.2, 0.25) is 0 Å². The normalized spacial score (nSPS) is 11.6. The number of hydrogen-bond acceptors (Lipinski definition) is 3. The highest BCUT2D eigenvalue weighted by atomic mass is 15.0. The number of nitrogens with zero attached hydrogens (tertiary/aromatic N) is 6. The fourth-order valence-electron chi connectivity index (χ4n) is 15.9. The summed E-state index contributed by atoms with van der Waals surface area (Å²) in [7, 11) is 0. The average molecular weight is 1210 g/mol. The van der Waals surface area contributed by atoms with Crippen LogP contribution in [-0.4, -0.2) is 24.1 Å². The molecule has 0 spiro atoms. The van der Waals surface area contributed by atoms with E-state index in [-0.39, 0.29) is 0 Å². The van der Waals surface area contributed by atoms with Crippen LogP contribution in [0.5, 0.6) is 0 Å². The minimum absolute atomic E-state index is 0.487. The Morgan fingerprint density at radius 3 is 0.883 bits per heavy atom. The standard InChI is InChI=1S/C88H72N6/c1-50-38-54(5)80(55(6)39-50)64-30-34-74-69(46-64)70-47-65(81-56(7)40-51(2)41-57(81)8)31-35-75(70)93(74)78-28-20-26-68(88-91-86(62-22-16-14-17-23-62)90-87(92-88)63-24-18-15-19-25-63)84(78)85-73(89-13)27-21-29-79(85)94-76-36-32-66(82-58(9)42-52(3)43-59(82)10)48-71(76)72-49-67(33-37-77(72)94)83-60(11)44-53(4)45-61(83)12/h14-49H,1-12H3. The van der Waals surface area contributed by atoms with Crippen molar-refractivity contribution in [2.75, 3.05) is 0 Å². The van der Waals surface area contributed by atoms with E-state index < -0.39 is 0 Å². The topological polar surface area (TPSA) is 52.9 Å². The minimum atomic E-state index is 0.487. The zero-order valence-corrected chi connectivity index (χ0v) is 55.5. The summed E-state index contributed by atoms with van der Waals surface area (Å²) in [4.78, 5) is 20.8. The van der Waals surface area contributed by atoms with E-state index in [0.29, 0.717) is 23.2 Å². The molecule has 0 atom stereocenters. The molecule has 0 N–H and O–H groups in total. The second-order valence-electron chi connectivity index (χ2n) is 26.2. The Bertz CT molecular complexity index is 5310. The van der Waals surface area contributed by atoms with Gasteiger partial charge in [-0.2, -0.15) is 0 Å². The number of aryl methyl sites for hydroxylation is 12. The molecule has 15 aromatic rings. The van der Waals surface area contributed by atoms with Crippen molar-refractivity contribution in [2.45, 2.75) is 83.1 Å². The van der Waals surface area contributed by atoms with Crippen LogP contribution >= 0.6 is 0 Å². The third kappa shape index (κ3) is 9.99. The Labute approximate surface area is 551 Å². The van der Waals surface area contributed by atoms with Crippen LogP contribution in [0.2, 0.25) is 0 Å². The Hall–Kier alpha value is -11.3. The van der Waals surface area contributed by atoms with E-state index in [1.165, 1.54) is 89.0 Å². The maximum absolute atomic E-state index is 9.39. The first kappa shape index (κ1) is 59.1. The van der Waals surface area contributed by atoms with Crippen LogP contribution in [0.3, 0.4) is 0 Å². The van der Waals surface area contributed by atoms with E-state index in [0.717, 1.165) is 105 Å². The summed E-state index contributed by atoms with van der Waals surface area (Å²) in [6.07, 6.45) is 0. The van der Waals surface area contributed by atoms with E-state index in [4.69, 9.17) is 15.0 Å². The van der Waals surface area contributed by atoms with Gasteiger partial charge in [0.1, 0.15) is 0 Å². The summed E-state index contributed by atoms with van der Waals surface area (Å²) < 4.78 is 4.85. The molecule has 0 unspecified atom stereocenters. The van der Waals surface area contributed by atoms with Crippen molar-refractivity contribution in [3.63, 3.8) is 0 Å². The summed E-state index contributed by atoms with van der Waals surface area (Å²) in [5.41, 5.74) is 34.9. The highest BCUT2D eigenvalue weighted by Gasteiger charge is 2.29. The summed E-state index contributed by atoms with van der Waals surface area (Å²) >= 11 is 0. The predicted octanol–water partition coefficient (Wildman–Crippen LogP) is 23.7. The summed E-state index contributed by atoms with van der Waals surface area (Å²) in [6.45, 7) is 35.9. The first-order valence-electron chi connectivity index (χ1n) is 32.5. The van der Waals surface area contributed by atoms with Crippen LogP contribution < -0.4 is 0 Å². The van der Waals surface area contributed by atoms with Crippen molar-refractivity contribution in [1.29, 1.82) is 0 Å². The fraction of sp³-hybridized carbons (Fsp3) is 0.136. The van der Waals surface area contributed by atoms with E-state index >= 15 is 0 Å². The van der Waals surface area contributed by atoms with Crippen molar-refractivity contribution in [2.24, 2.45) is 0 Å². The average Bonchev–Trinajstić information content (AvgIpc) is 1.54. The number of hydrogen-bond donors (Lipinski definition) is 0. The molecule has 0 aliphatic rings. The van der Waals surface area contributed by atoms with Gasteiger partial charge in [0.05, 0.1) is 34.3 Å². The van der Waals surface area contributed by atoms with Gasteiger partial charge >= 0.3 is 0 Å². The molecule has 6 heteroatoms. The minimum Gasteiger partial charge on any atom is -0.310 e. The molecule has 15 rings (SSSR count). The molecule has 0 fully saturated rings. The molecule has 0 amide bonds. The molecule has 12 aromatic carbocycles. The molecule has 3 aromatic heterocycles. The van der Waals surface area contributed by atoms with Crippen molar-refractivity contribution in [3.8, 4) is 101 Å². The van der Waals surface area contributed by atoms with Crippen molar-refractivity contribution in [3.05, 3.63) is 297 Å². The van der Waals surface area contributed by atoms with Crippen LogP contribution in [0.1, 0.15) is 66.8 Å². The maximum Gasteiger partial charge on any atom is 0.197 e. The third-order valence-electron chi connectivity index (χ3n) is 19.2. The first-order valence-corrected chi connectivity index (χ1v) is 32.5. The Morgan fingerprint density at radius 2 is 0.564 bits per heavy atom. The van der Waals surface area contributed by atoms with E-state index in [1.807, 2.05) is 48.5 Å². The predicted molar refractivity (Wildman–Crippen MR) is 395 cm³/mol. The van der Waals surface area contributed by atoms with Crippen LogP contribution in [-0.2, 0) is 0 Å². The fourth-order valence-corrected chi connectivity index (χ4v) is 15.9. The first-order chi connectivity index (χ1) is 45.5. The molecular formula is C88H72N6. The second-order valence-corrected chi connectivity index (χ2v) is 26.2. The van der Waals surface area contributed by atoms with Gasteiger partial charge in [0.15, 0.2) is 23.2 Å². The molecule has 0 saturated carbocycles. The van der Waals surface area contributed by atoms with Gasteiger partial charge in [-0.05, 0) is 233 Å². The van der Waals surface area contributed by atoms with Gasteiger partial charge in [-0.25, -0.2) is 19.8 Å². The molecule has 0 radical (unpaired) electrons. The molecule has 94 heavy (non-hydrogen) atoms. The summed E-state index contributed by atoms with van der Waals surface area (Å²) in [6, 6.07) is 79.4. The van der Waals surface area contributed by atoms with Crippen LogP contribution in [0.15, 0.2) is 218 Å². The lowest BCUT2D eigenvalue weighted by Crippen LogP contribution is -2.06. The molecule has 0 aliphatic carbocycles. The number of rotatable bonds is 10. The SMILES string of the molecule is [C-]#[N+]c1cccc(-n2c3ccc(-c4c(C)cc(C)cc4C)cc3c3cc(-c4c(C)cc(C)cc4C)ccc32)c1-c1c(-c2nc(-c3ccccc3)nc(-c3ccccc3)n2)cccc1-n1c2ccc(-c3c(C)cc(C)cc3C)cc2c2cc(-c3c(C)cc(C)cc3C)ccc21. The Kier molecular flexibility index (Phi) is 14.5. The largest absolute Gasteiger partial charge is 0.310 e. The van der Waals surface area contributed by atoms with Crippen molar-refractivity contribution >= 4 is 49.3 Å². The molecule has 454 valence electrons. The quantitative estimate of drug-likeness (QED) is 0.128. The number of aromatic nitrogens is 5. The number of fused-ring (bicyclic) bond motifs is 6. The lowest BCUT2D eigenvalue weighted by molar-refractivity contribution is 1.07. The molecule has 0 aliphatic heterocycles. The molecule has 6 nitrogen and oxygen atoms in total. The molecule has 3 heterocycles. The molecule has 0 saturated heterocycles. The highest BCUT2D eigenvalue weighted by Crippen LogP contribution is 2.50. The summed E-state index contributed by atoms with van der Waals surface area (Å²) in [5.74, 6) is 1.58. The van der Waals surface area contributed by atoms with Gasteiger partial charge < -0.3 is 9.13 Å². The molecule has 0 bridgehead atoms. The highest BCUT2D eigenvalue weighted by molar-refractivity contribution is 6.15. The van der Waals surface area contributed by atoms with Crippen LogP contribution in [0.25, 0.3) is 150 Å². The third-order valence-corrected chi connectivity index (χ3v) is 19.2. The molecular weight excluding hydrogens is 1140 g/mol. The number of benzene rings is 12. The Balaban J connectivity index is 1.09. The van der Waals surface area contributed by atoms with Gasteiger partial charge in [0.25, 0.3) is 0 Å². The van der Waals surface area contributed by atoms with Crippen LogP contribution in [0.4, 0.5) is 5.69 Å². The zero-order valence-electron chi connectivity index (χ0n) is 55.5. The van der Waals surface area contributed by atoms with Gasteiger partial charge in [-0.3, -0.25) is 0 Å². The zero-order chi connectivity index (χ0) is 65.0. The van der Waals surface area contributed by atoms with Gasteiger partial charge in [0, 0.05) is 55.0 Å². The van der Waals surface area contributed by atoms with Crippen molar-refractivity contribution < 1.29 is 0 Å². The van der Waals surface area contributed by atoms with E-state index in [2.05, 4.69) is 267 Å². The Morgan fingerprint density at radius 1 is 0.266 bits per heavy atom. The van der Waals surface area contributed by atoms with Gasteiger partial charge in [-0.1, -0.05) is 180 Å². The maximum atomic E-state index is 9.39. The monoisotopic (exact) mass is 1210 g/mol. The smallest absolute Gasteiger partial charge is 0.197 e. The van der Waals surface area contributed by atoms with Crippen molar-refractivity contribution in [1.82, 2.24) is 24.1 Å². The van der Waals surface area contributed by atoms with Gasteiger partial charge in [-0.15, -0.1) is 0 Å². The lowest BCUT2D eigenvalue weighted by Gasteiger charge is -2.23. The van der Waals surface area contributed by atoms with E-state index in [9.17, 15) is 6.57 Å². The lowest BCUT2D eigenvalue weighted by atomic mass is 9.91.